The molecule has 0 spiro atoms. The van der Waals surface area contributed by atoms with Crippen molar-refractivity contribution in [3.63, 3.8) is 0 Å². The number of carboxylic acids is 1. The van der Waals surface area contributed by atoms with E-state index in [4.69, 9.17) is 21.4 Å². The molecule has 102 valence electrons. The van der Waals surface area contributed by atoms with Crippen LogP contribution in [0.1, 0.15) is 10.5 Å². The van der Waals surface area contributed by atoms with Crippen molar-refractivity contribution >= 4 is 23.3 Å². The average Bonchev–Trinajstić information content (AvgIpc) is 2.41. The van der Waals surface area contributed by atoms with Crippen LogP contribution in [-0.2, 0) is 0 Å². The molecule has 8 heteroatoms. The Morgan fingerprint density at radius 3 is 2.80 bits per heavy atom. The highest BCUT2D eigenvalue weighted by Gasteiger charge is 2.19. The number of aromatic nitrogens is 1. The molecule has 0 bridgehead atoms. The lowest BCUT2D eigenvalue weighted by molar-refractivity contribution is -0.385. The Kier molecular flexibility index (Phi) is 3.81. The summed E-state index contributed by atoms with van der Waals surface area (Å²) < 4.78 is 5.32. The van der Waals surface area contributed by atoms with Crippen LogP contribution in [0.25, 0.3) is 0 Å². The van der Waals surface area contributed by atoms with Gasteiger partial charge in [-0.05, 0) is 12.1 Å². The van der Waals surface area contributed by atoms with Gasteiger partial charge in [0.1, 0.15) is 5.75 Å². The SMILES string of the molecule is O=C(O)c1cc(Oc2c(Cl)cccc2[N+](=O)[O-])ccn1. The fraction of sp³-hybridized carbons (Fsp3) is 0. The lowest BCUT2D eigenvalue weighted by Gasteiger charge is -2.08. The summed E-state index contributed by atoms with van der Waals surface area (Å²) in [7, 11) is 0. The van der Waals surface area contributed by atoms with E-state index in [1.165, 1.54) is 30.5 Å². The molecular weight excluding hydrogens is 288 g/mol. The van der Waals surface area contributed by atoms with Crippen LogP contribution in [0.3, 0.4) is 0 Å². The maximum absolute atomic E-state index is 10.9. The molecule has 20 heavy (non-hydrogen) atoms. The molecule has 1 aromatic heterocycles. The van der Waals surface area contributed by atoms with E-state index in [-0.39, 0.29) is 27.9 Å². The van der Waals surface area contributed by atoms with Gasteiger partial charge in [0, 0.05) is 18.3 Å². The molecular formula is C12H7ClN2O5. The van der Waals surface area contributed by atoms with E-state index in [1.807, 2.05) is 0 Å². The highest BCUT2D eigenvalue weighted by molar-refractivity contribution is 6.32. The second kappa shape index (κ2) is 5.54. The minimum absolute atomic E-state index is 0.0490. The van der Waals surface area contributed by atoms with E-state index in [2.05, 4.69) is 4.98 Å². The molecule has 0 unspecified atom stereocenters. The number of para-hydroxylation sites is 1. The molecule has 7 nitrogen and oxygen atoms in total. The molecule has 2 aromatic rings. The first-order valence-electron chi connectivity index (χ1n) is 5.29. The predicted molar refractivity (Wildman–Crippen MR) is 69.4 cm³/mol. The van der Waals surface area contributed by atoms with Gasteiger partial charge < -0.3 is 9.84 Å². The number of ether oxygens (including phenoxy) is 1. The molecule has 1 N–H and O–H groups in total. The maximum Gasteiger partial charge on any atom is 0.354 e. The minimum Gasteiger partial charge on any atom is -0.477 e. The Labute approximate surface area is 117 Å². The van der Waals surface area contributed by atoms with Gasteiger partial charge in [0.25, 0.3) is 0 Å². The third-order valence-corrected chi connectivity index (χ3v) is 2.61. The van der Waals surface area contributed by atoms with Gasteiger partial charge in [-0.15, -0.1) is 0 Å². The van der Waals surface area contributed by atoms with Crippen LogP contribution in [0.5, 0.6) is 11.5 Å². The van der Waals surface area contributed by atoms with Crippen molar-refractivity contribution in [2.75, 3.05) is 0 Å². The van der Waals surface area contributed by atoms with Crippen molar-refractivity contribution in [3.8, 4) is 11.5 Å². The molecule has 0 fully saturated rings. The summed E-state index contributed by atoms with van der Waals surface area (Å²) in [5.74, 6) is -1.29. The molecule has 0 radical (unpaired) electrons. The number of nitro benzene ring substituents is 1. The zero-order valence-corrected chi connectivity index (χ0v) is 10.6. The van der Waals surface area contributed by atoms with Crippen molar-refractivity contribution < 1.29 is 19.6 Å². The monoisotopic (exact) mass is 294 g/mol. The summed E-state index contributed by atoms with van der Waals surface area (Å²) in [6.45, 7) is 0. The summed E-state index contributed by atoms with van der Waals surface area (Å²) in [6.07, 6.45) is 1.22. The van der Waals surface area contributed by atoms with Crippen LogP contribution in [-0.4, -0.2) is 21.0 Å². The van der Waals surface area contributed by atoms with Gasteiger partial charge in [-0.25, -0.2) is 9.78 Å². The smallest absolute Gasteiger partial charge is 0.354 e. The van der Waals surface area contributed by atoms with Crippen LogP contribution in [0.2, 0.25) is 5.02 Å². The van der Waals surface area contributed by atoms with Gasteiger partial charge in [0.15, 0.2) is 5.69 Å². The third kappa shape index (κ3) is 2.83. The van der Waals surface area contributed by atoms with Crippen molar-refractivity contribution in [1.82, 2.24) is 4.98 Å². The van der Waals surface area contributed by atoms with Gasteiger partial charge in [0.05, 0.1) is 9.95 Å². The number of carboxylic acid groups (broad SMARTS) is 1. The van der Waals surface area contributed by atoms with Gasteiger partial charge in [0.2, 0.25) is 5.75 Å². The largest absolute Gasteiger partial charge is 0.477 e. The van der Waals surface area contributed by atoms with Crippen molar-refractivity contribution in [2.24, 2.45) is 0 Å². The van der Waals surface area contributed by atoms with E-state index < -0.39 is 10.9 Å². The number of halogens is 1. The number of hydrogen-bond acceptors (Lipinski definition) is 5. The van der Waals surface area contributed by atoms with Crippen LogP contribution in [0, 0.1) is 10.1 Å². The number of nitro groups is 1. The third-order valence-electron chi connectivity index (χ3n) is 2.31. The second-order valence-corrected chi connectivity index (χ2v) is 4.04. The Morgan fingerprint density at radius 1 is 1.40 bits per heavy atom. The lowest BCUT2D eigenvalue weighted by Crippen LogP contribution is -2.00. The molecule has 0 aliphatic rings. The van der Waals surface area contributed by atoms with Crippen LogP contribution in [0.4, 0.5) is 5.69 Å². The van der Waals surface area contributed by atoms with Crippen LogP contribution < -0.4 is 4.74 Å². The number of pyridine rings is 1. The van der Waals surface area contributed by atoms with E-state index in [0.29, 0.717) is 0 Å². The predicted octanol–water partition coefficient (Wildman–Crippen LogP) is 3.13. The molecule has 2 rings (SSSR count). The van der Waals surface area contributed by atoms with Gasteiger partial charge >= 0.3 is 11.7 Å². The Morgan fingerprint density at radius 2 is 2.15 bits per heavy atom. The first kappa shape index (κ1) is 13.8. The lowest BCUT2D eigenvalue weighted by atomic mass is 10.3. The number of carbonyl (C=O) groups is 1. The van der Waals surface area contributed by atoms with Crippen LogP contribution in [0.15, 0.2) is 36.5 Å². The van der Waals surface area contributed by atoms with Crippen LogP contribution >= 0.6 is 11.6 Å². The summed E-state index contributed by atoms with van der Waals surface area (Å²) in [4.78, 5) is 24.7. The van der Waals surface area contributed by atoms with Gasteiger partial charge in [-0.2, -0.15) is 0 Å². The number of aromatic carboxylic acids is 1. The first-order valence-corrected chi connectivity index (χ1v) is 5.67. The van der Waals surface area contributed by atoms with E-state index in [9.17, 15) is 14.9 Å². The maximum atomic E-state index is 10.9. The molecule has 0 aliphatic heterocycles. The average molecular weight is 295 g/mol. The van der Waals surface area contributed by atoms with Crippen molar-refractivity contribution in [2.45, 2.75) is 0 Å². The molecule has 0 atom stereocenters. The quantitative estimate of drug-likeness (QED) is 0.686. The van der Waals surface area contributed by atoms with E-state index in [1.54, 1.807) is 0 Å². The molecule has 0 aliphatic carbocycles. The fourth-order valence-electron chi connectivity index (χ4n) is 1.45. The van der Waals surface area contributed by atoms with Gasteiger partial charge in [-0.3, -0.25) is 10.1 Å². The highest BCUT2D eigenvalue weighted by Crippen LogP contribution is 2.37. The summed E-state index contributed by atoms with van der Waals surface area (Å²) in [5.41, 5.74) is -0.552. The first-order chi connectivity index (χ1) is 9.49. The normalized spacial score (nSPS) is 10.1. The molecule has 0 amide bonds. The molecule has 1 aromatic carbocycles. The number of hydrogen-bond donors (Lipinski definition) is 1. The zero-order valence-electron chi connectivity index (χ0n) is 9.82. The number of nitrogens with zero attached hydrogens (tertiary/aromatic N) is 2. The molecule has 0 saturated carbocycles. The number of benzene rings is 1. The summed E-state index contributed by atoms with van der Waals surface area (Å²) >= 11 is 5.86. The zero-order chi connectivity index (χ0) is 14.7. The van der Waals surface area contributed by atoms with Gasteiger partial charge in [-0.1, -0.05) is 17.7 Å². The molecule has 0 saturated heterocycles. The highest BCUT2D eigenvalue weighted by atomic mass is 35.5. The second-order valence-electron chi connectivity index (χ2n) is 3.63. The fourth-order valence-corrected chi connectivity index (χ4v) is 1.66. The number of rotatable bonds is 4. The van der Waals surface area contributed by atoms with E-state index >= 15 is 0 Å². The molecule has 1 heterocycles. The van der Waals surface area contributed by atoms with Crippen molar-refractivity contribution in [3.05, 3.63) is 57.4 Å². The minimum atomic E-state index is -1.23. The Hall–Kier alpha value is -2.67. The summed E-state index contributed by atoms with van der Waals surface area (Å²) in [5, 5.41) is 19.8. The Bertz CT molecular complexity index is 689. The topological polar surface area (TPSA) is 103 Å². The standard InChI is InChI=1S/C12H7ClN2O5/c13-8-2-1-3-10(15(18)19)11(8)20-7-4-5-14-9(6-7)12(16)17/h1-6H,(H,16,17). The van der Waals surface area contributed by atoms with E-state index in [0.717, 1.165) is 6.07 Å². The van der Waals surface area contributed by atoms with Crippen molar-refractivity contribution in [1.29, 1.82) is 0 Å². The Balaban J connectivity index is 2.42. The summed E-state index contributed by atoms with van der Waals surface area (Å²) in [6, 6.07) is 6.61.